The Morgan fingerprint density at radius 3 is 2.61 bits per heavy atom. The first-order valence-electron chi connectivity index (χ1n) is 6.37. The molecule has 3 nitrogen and oxygen atoms in total. The minimum Gasteiger partial charge on any atom is -0.269 e. The van der Waals surface area contributed by atoms with Crippen LogP contribution in [0, 0.1) is 0 Å². The minimum atomic E-state index is -0.181. The fourth-order valence-electron chi connectivity index (χ4n) is 2.84. The van der Waals surface area contributed by atoms with Crippen LogP contribution in [0.3, 0.4) is 0 Å². The van der Waals surface area contributed by atoms with Gasteiger partial charge in [-0.15, -0.1) is 0 Å². The molecule has 1 heterocycles. The van der Waals surface area contributed by atoms with Crippen molar-refractivity contribution in [2.24, 2.45) is 0 Å². The van der Waals surface area contributed by atoms with Crippen LogP contribution in [-0.2, 0) is 22.4 Å². The second-order valence-electron chi connectivity index (χ2n) is 4.82. The Balaban J connectivity index is 1.99. The van der Waals surface area contributed by atoms with E-state index in [1.807, 2.05) is 0 Å². The quantitative estimate of drug-likeness (QED) is 0.744. The lowest BCUT2D eigenvalue weighted by Gasteiger charge is -2.23. The number of hydrogen-bond donors (Lipinski definition) is 0. The largest absolute Gasteiger partial charge is 0.269 e. The summed E-state index contributed by atoms with van der Waals surface area (Å²) in [4.78, 5) is 24.9. The third-order valence-corrected chi connectivity index (χ3v) is 3.82. The average Bonchev–Trinajstić information content (AvgIpc) is 2.92. The molecule has 1 aliphatic heterocycles. The summed E-state index contributed by atoms with van der Waals surface area (Å²) in [5.74, 6) is -0.362. The summed E-state index contributed by atoms with van der Waals surface area (Å²) in [6, 6.07) is 6.34. The smallest absolute Gasteiger partial charge is 0.254 e. The van der Waals surface area contributed by atoms with Crippen LogP contribution in [0.25, 0.3) is 0 Å². The van der Waals surface area contributed by atoms with Crippen molar-refractivity contribution in [3.63, 3.8) is 0 Å². The molecule has 0 N–H and O–H groups in total. The molecule has 0 saturated heterocycles. The van der Waals surface area contributed by atoms with Gasteiger partial charge in [0.1, 0.15) is 0 Å². The summed E-state index contributed by atoms with van der Waals surface area (Å²) in [5.41, 5.74) is 3.68. The first-order valence-corrected chi connectivity index (χ1v) is 6.37. The Morgan fingerprint density at radius 1 is 1.22 bits per heavy atom. The third-order valence-electron chi connectivity index (χ3n) is 3.82. The number of aryl methyl sites for hydroxylation is 2. The Kier molecular flexibility index (Phi) is 2.54. The molecule has 0 fully saturated rings. The van der Waals surface area contributed by atoms with E-state index in [2.05, 4.69) is 25.1 Å². The molecule has 2 amide bonds. The van der Waals surface area contributed by atoms with Gasteiger partial charge in [-0.3, -0.25) is 14.5 Å². The summed E-state index contributed by atoms with van der Waals surface area (Å²) in [5, 5.41) is 0. The lowest BCUT2D eigenvalue weighted by Crippen LogP contribution is -2.33. The lowest BCUT2D eigenvalue weighted by atomic mass is 10.0. The van der Waals surface area contributed by atoms with Crippen LogP contribution in [0.5, 0.6) is 0 Å². The number of carbonyl (C=O) groups is 2. The van der Waals surface area contributed by atoms with Gasteiger partial charge in [-0.05, 0) is 36.0 Å². The number of hydrogen-bond acceptors (Lipinski definition) is 2. The van der Waals surface area contributed by atoms with Gasteiger partial charge < -0.3 is 0 Å². The van der Waals surface area contributed by atoms with E-state index < -0.39 is 0 Å². The van der Waals surface area contributed by atoms with Gasteiger partial charge in [-0.2, -0.15) is 0 Å². The topological polar surface area (TPSA) is 37.4 Å². The minimum absolute atomic E-state index is 0.0681. The highest BCUT2D eigenvalue weighted by molar-refractivity contribution is 6.13. The SMILES string of the molecule is CCc1ccc2c(c1)[C@@H](N1C(=O)C=CC1=O)CC2. The van der Waals surface area contributed by atoms with Crippen molar-refractivity contribution < 1.29 is 9.59 Å². The van der Waals surface area contributed by atoms with Crippen LogP contribution in [0.1, 0.15) is 36.1 Å². The first-order chi connectivity index (χ1) is 8.70. The highest BCUT2D eigenvalue weighted by Gasteiger charge is 2.36. The summed E-state index contributed by atoms with van der Waals surface area (Å²) in [7, 11) is 0. The highest BCUT2D eigenvalue weighted by atomic mass is 16.2. The van der Waals surface area contributed by atoms with Crippen LogP contribution >= 0.6 is 0 Å². The van der Waals surface area contributed by atoms with E-state index >= 15 is 0 Å². The number of imide groups is 1. The fourth-order valence-corrected chi connectivity index (χ4v) is 2.84. The van der Waals surface area contributed by atoms with E-state index in [0.29, 0.717) is 0 Å². The molecule has 0 radical (unpaired) electrons. The normalized spacial score (nSPS) is 21.8. The molecule has 92 valence electrons. The third kappa shape index (κ3) is 1.58. The lowest BCUT2D eigenvalue weighted by molar-refractivity contribution is -0.139. The predicted molar refractivity (Wildman–Crippen MR) is 67.9 cm³/mol. The first kappa shape index (κ1) is 11.2. The van der Waals surface area contributed by atoms with E-state index in [9.17, 15) is 9.59 Å². The van der Waals surface area contributed by atoms with Gasteiger partial charge in [0.05, 0.1) is 6.04 Å². The zero-order valence-corrected chi connectivity index (χ0v) is 10.3. The second-order valence-corrected chi connectivity index (χ2v) is 4.82. The number of carbonyl (C=O) groups excluding carboxylic acids is 2. The van der Waals surface area contributed by atoms with Gasteiger partial charge in [0.2, 0.25) is 0 Å². The molecule has 1 aliphatic carbocycles. The Labute approximate surface area is 106 Å². The average molecular weight is 241 g/mol. The monoisotopic (exact) mass is 241 g/mol. The molecule has 18 heavy (non-hydrogen) atoms. The molecule has 0 spiro atoms. The molecule has 0 saturated carbocycles. The summed E-state index contributed by atoms with van der Waals surface area (Å²) < 4.78 is 0. The van der Waals surface area contributed by atoms with Crippen molar-refractivity contribution in [3.8, 4) is 0 Å². The van der Waals surface area contributed by atoms with Crippen LogP contribution in [0.4, 0.5) is 0 Å². The molecule has 1 aromatic rings. The molecule has 0 aromatic heterocycles. The van der Waals surface area contributed by atoms with E-state index in [-0.39, 0.29) is 17.9 Å². The summed E-state index contributed by atoms with van der Waals surface area (Å²) in [6.45, 7) is 2.11. The summed E-state index contributed by atoms with van der Waals surface area (Å²) >= 11 is 0. The van der Waals surface area contributed by atoms with Crippen molar-refractivity contribution in [2.45, 2.75) is 32.2 Å². The van der Waals surface area contributed by atoms with Crippen LogP contribution in [-0.4, -0.2) is 16.7 Å². The van der Waals surface area contributed by atoms with Gasteiger partial charge in [0.25, 0.3) is 11.8 Å². The maximum atomic E-state index is 11.8. The van der Waals surface area contributed by atoms with Gasteiger partial charge in [-0.25, -0.2) is 0 Å². The standard InChI is InChI=1S/C15H15NO2/c1-2-10-3-4-11-5-6-13(12(11)9-10)16-14(17)7-8-15(16)18/h3-4,7-9,13H,2,5-6H2,1H3/t13-/m0/s1. The number of fused-ring (bicyclic) bond motifs is 1. The number of nitrogens with zero attached hydrogens (tertiary/aromatic N) is 1. The van der Waals surface area contributed by atoms with Crippen LogP contribution in [0.15, 0.2) is 30.4 Å². The van der Waals surface area contributed by atoms with Gasteiger partial charge >= 0.3 is 0 Å². The molecule has 0 unspecified atom stereocenters. The van der Waals surface area contributed by atoms with Gasteiger partial charge in [-0.1, -0.05) is 25.1 Å². The molecular weight excluding hydrogens is 226 g/mol. The molecule has 2 aliphatic rings. The van der Waals surface area contributed by atoms with Crippen molar-refractivity contribution >= 4 is 11.8 Å². The molecule has 1 aromatic carbocycles. The Morgan fingerprint density at radius 2 is 1.94 bits per heavy atom. The molecule has 0 bridgehead atoms. The van der Waals surface area contributed by atoms with Crippen molar-refractivity contribution in [1.82, 2.24) is 4.90 Å². The van der Waals surface area contributed by atoms with Gasteiger partial charge in [0.15, 0.2) is 0 Å². The highest BCUT2D eigenvalue weighted by Crippen LogP contribution is 2.37. The van der Waals surface area contributed by atoms with E-state index in [1.54, 1.807) is 0 Å². The Hall–Kier alpha value is -1.90. The molecule has 3 rings (SSSR count). The Bertz CT molecular complexity index is 542. The number of amides is 2. The number of benzene rings is 1. The predicted octanol–water partition coefficient (Wildman–Crippen LogP) is 2.16. The van der Waals surface area contributed by atoms with Crippen LogP contribution < -0.4 is 0 Å². The van der Waals surface area contributed by atoms with E-state index in [0.717, 1.165) is 24.8 Å². The molecule has 3 heteroatoms. The van der Waals surface area contributed by atoms with Gasteiger partial charge in [0, 0.05) is 12.2 Å². The maximum Gasteiger partial charge on any atom is 0.254 e. The molecule has 1 atom stereocenters. The van der Waals surface area contributed by atoms with E-state index in [1.165, 1.54) is 28.2 Å². The molecular formula is C15H15NO2. The van der Waals surface area contributed by atoms with E-state index in [4.69, 9.17) is 0 Å². The fraction of sp³-hybridized carbons (Fsp3) is 0.333. The van der Waals surface area contributed by atoms with Crippen LogP contribution in [0.2, 0.25) is 0 Å². The number of rotatable bonds is 2. The zero-order valence-electron chi connectivity index (χ0n) is 10.3. The van der Waals surface area contributed by atoms with Crippen molar-refractivity contribution in [2.75, 3.05) is 0 Å². The summed E-state index contributed by atoms with van der Waals surface area (Å²) in [6.07, 6.45) is 5.50. The second kappa shape index (κ2) is 4.09. The zero-order chi connectivity index (χ0) is 12.7. The van der Waals surface area contributed by atoms with Crippen molar-refractivity contribution in [3.05, 3.63) is 47.0 Å². The maximum absolute atomic E-state index is 11.8. The van der Waals surface area contributed by atoms with Crippen molar-refractivity contribution in [1.29, 1.82) is 0 Å².